The third kappa shape index (κ3) is 4.65. The van der Waals surface area contributed by atoms with Crippen molar-refractivity contribution in [1.29, 1.82) is 0 Å². The Morgan fingerprint density at radius 2 is 2.00 bits per heavy atom. The van der Waals surface area contributed by atoms with Gasteiger partial charge in [-0.05, 0) is 65.8 Å². The van der Waals surface area contributed by atoms with Crippen molar-refractivity contribution in [2.24, 2.45) is 0 Å². The van der Waals surface area contributed by atoms with Gasteiger partial charge in [0.2, 0.25) is 0 Å². The zero-order valence-electron chi connectivity index (χ0n) is 13.3. The maximum atomic E-state index is 12.2. The van der Waals surface area contributed by atoms with Crippen LogP contribution in [0.15, 0.2) is 0 Å². The first-order valence-electron chi connectivity index (χ1n) is 8.19. The fourth-order valence-electron chi connectivity index (χ4n) is 3.26. The molecule has 2 saturated heterocycles. The molecule has 2 rings (SSSR count). The molecule has 2 heterocycles. The van der Waals surface area contributed by atoms with Crippen molar-refractivity contribution in [2.45, 2.75) is 83.4 Å². The molecule has 4 heteroatoms. The molecule has 0 aliphatic carbocycles. The Morgan fingerprint density at radius 3 is 2.65 bits per heavy atom. The fourth-order valence-corrected chi connectivity index (χ4v) is 3.26. The number of hydrogen-bond acceptors (Lipinski definition) is 3. The van der Waals surface area contributed by atoms with E-state index in [0.29, 0.717) is 12.1 Å². The number of rotatable bonds is 3. The van der Waals surface area contributed by atoms with Crippen molar-refractivity contribution in [3.05, 3.63) is 0 Å². The number of likely N-dealkylation sites (tertiary alicyclic amines) is 1. The zero-order chi connectivity index (χ0) is 14.6. The first kappa shape index (κ1) is 15.6. The summed E-state index contributed by atoms with van der Waals surface area (Å²) in [6.45, 7) is 7.81. The van der Waals surface area contributed by atoms with Crippen molar-refractivity contribution in [2.75, 3.05) is 13.1 Å². The summed E-state index contributed by atoms with van der Waals surface area (Å²) in [5.74, 6) is 0. The summed E-state index contributed by atoms with van der Waals surface area (Å²) in [6, 6.07) is 1.04. The van der Waals surface area contributed by atoms with Gasteiger partial charge in [-0.25, -0.2) is 4.79 Å². The van der Waals surface area contributed by atoms with Gasteiger partial charge in [-0.15, -0.1) is 0 Å². The minimum atomic E-state index is -0.394. The molecule has 1 unspecified atom stereocenters. The summed E-state index contributed by atoms with van der Waals surface area (Å²) >= 11 is 0. The molecule has 0 aromatic heterocycles. The third-order valence-corrected chi connectivity index (χ3v) is 4.27. The van der Waals surface area contributed by atoms with Gasteiger partial charge in [0.15, 0.2) is 0 Å². The van der Waals surface area contributed by atoms with Crippen LogP contribution in [0.3, 0.4) is 0 Å². The lowest BCUT2D eigenvalue weighted by Gasteiger charge is -2.30. The van der Waals surface area contributed by atoms with Crippen LogP contribution >= 0.6 is 0 Å². The third-order valence-electron chi connectivity index (χ3n) is 4.27. The van der Waals surface area contributed by atoms with E-state index in [4.69, 9.17) is 4.74 Å². The molecule has 0 spiro atoms. The summed E-state index contributed by atoms with van der Waals surface area (Å²) in [4.78, 5) is 14.2. The highest BCUT2D eigenvalue weighted by atomic mass is 16.6. The topological polar surface area (TPSA) is 41.6 Å². The maximum absolute atomic E-state index is 12.2. The number of nitrogens with one attached hydrogen (secondary N) is 1. The van der Waals surface area contributed by atoms with Gasteiger partial charge in [-0.2, -0.15) is 0 Å². The van der Waals surface area contributed by atoms with Gasteiger partial charge in [0.1, 0.15) is 5.60 Å². The van der Waals surface area contributed by atoms with Gasteiger partial charge in [-0.1, -0.05) is 6.42 Å². The molecule has 0 bridgehead atoms. The standard InChI is InChI=1S/C16H30N2O2/c1-16(2,3)20-15(19)18-12-6-8-14(18)10-9-13-7-4-5-11-17-13/h13-14,17H,4-12H2,1-3H3/t13?,14-/m1/s1. The number of nitrogens with zero attached hydrogens (tertiary/aromatic N) is 1. The largest absolute Gasteiger partial charge is 0.444 e. The molecule has 2 aliphatic heterocycles. The van der Waals surface area contributed by atoms with E-state index in [1.54, 1.807) is 0 Å². The lowest BCUT2D eigenvalue weighted by Crippen LogP contribution is -2.41. The summed E-state index contributed by atoms with van der Waals surface area (Å²) in [5, 5.41) is 3.59. The predicted octanol–water partition coefficient (Wildman–Crippen LogP) is 3.31. The minimum Gasteiger partial charge on any atom is -0.444 e. The van der Waals surface area contributed by atoms with Crippen LogP contribution in [0, 0.1) is 0 Å². The molecule has 1 amide bonds. The first-order chi connectivity index (χ1) is 9.46. The first-order valence-corrected chi connectivity index (χ1v) is 8.19. The van der Waals surface area contributed by atoms with E-state index in [0.717, 1.165) is 32.4 Å². The average molecular weight is 282 g/mol. The zero-order valence-corrected chi connectivity index (χ0v) is 13.3. The molecule has 2 fully saturated rings. The SMILES string of the molecule is CC(C)(C)OC(=O)N1CCC[C@@H]1CCC1CCCCN1. The van der Waals surface area contributed by atoms with Crippen molar-refractivity contribution < 1.29 is 9.53 Å². The quantitative estimate of drug-likeness (QED) is 0.863. The van der Waals surface area contributed by atoms with Crippen LogP contribution in [-0.2, 0) is 4.74 Å². The minimum absolute atomic E-state index is 0.128. The van der Waals surface area contributed by atoms with Gasteiger partial charge in [0, 0.05) is 18.6 Å². The fraction of sp³-hybridized carbons (Fsp3) is 0.938. The smallest absolute Gasteiger partial charge is 0.410 e. The average Bonchev–Trinajstić information content (AvgIpc) is 2.84. The molecule has 0 aromatic carbocycles. The van der Waals surface area contributed by atoms with Crippen LogP contribution in [0.2, 0.25) is 0 Å². The second kappa shape index (κ2) is 6.79. The van der Waals surface area contributed by atoms with Crippen molar-refractivity contribution in [3.8, 4) is 0 Å². The van der Waals surface area contributed by atoms with Crippen LogP contribution in [-0.4, -0.2) is 41.8 Å². The molecule has 0 aromatic rings. The van der Waals surface area contributed by atoms with Gasteiger partial charge in [0.25, 0.3) is 0 Å². The van der Waals surface area contributed by atoms with Crippen LogP contribution in [0.4, 0.5) is 4.79 Å². The number of carbonyl (C=O) groups excluding carboxylic acids is 1. The van der Waals surface area contributed by atoms with E-state index < -0.39 is 5.60 Å². The number of amides is 1. The molecular formula is C16H30N2O2. The number of piperidine rings is 1. The van der Waals surface area contributed by atoms with E-state index in [9.17, 15) is 4.79 Å². The molecule has 20 heavy (non-hydrogen) atoms. The summed E-state index contributed by atoms with van der Waals surface area (Å²) in [6.07, 6.45) is 8.35. The monoisotopic (exact) mass is 282 g/mol. The normalized spacial score (nSPS) is 27.6. The van der Waals surface area contributed by atoms with Crippen LogP contribution in [0.5, 0.6) is 0 Å². The predicted molar refractivity (Wildman–Crippen MR) is 80.8 cm³/mol. The number of carbonyl (C=O) groups is 1. The van der Waals surface area contributed by atoms with Crippen molar-refractivity contribution in [1.82, 2.24) is 10.2 Å². The van der Waals surface area contributed by atoms with E-state index in [1.165, 1.54) is 25.7 Å². The van der Waals surface area contributed by atoms with Crippen LogP contribution in [0.25, 0.3) is 0 Å². The molecule has 116 valence electrons. The molecule has 2 aliphatic rings. The molecule has 2 atom stereocenters. The van der Waals surface area contributed by atoms with Gasteiger partial charge in [0.05, 0.1) is 0 Å². The molecule has 0 saturated carbocycles. The highest BCUT2D eigenvalue weighted by Crippen LogP contribution is 2.25. The summed E-state index contributed by atoms with van der Waals surface area (Å²) < 4.78 is 5.52. The van der Waals surface area contributed by atoms with Crippen LogP contribution in [0.1, 0.15) is 65.7 Å². The van der Waals surface area contributed by atoms with Crippen molar-refractivity contribution in [3.63, 3.8) is 0 Å². The Labute approximate surface area is 123 Å². The van der Waals surface area contributed by atoms with Crippen LogP contribution < -0.4 is 5.32 Å². The Morgan fingerprint density at radius 1 is 1.20 bits per heavy atom. The van der Waals surface area contributed by atoms with E-state index >= 15 is 0 Å². The second-order valence-electron chi connectivity index (χ2n) is 7.19. The highest BCUT2D eigenvalue weighted by Gasteiger charge is 2.32. The lowest BCUT2D eigenvalue weighted by atomic mass is 9.97. The van der Waals surface area contributed by atoms with Gasteiger partial charge >= 0.3 is 6.09 Å². The second-order valence-corrected chi connectivity index (χ2v) is 7.19. The van der Waals surface area contributed by atoms with E-state index in [-0.39, 0.29) is 6.09 Å². The van der Waals surface area contributed by atoms with Gasteiger partial charge < -0.3 is 15.0 Å². The maximum Gasteiger partial charge on any atom is 0.410 e. The van der Waals surface area contributed by atoms with E-state index in [1.807, 2.05) is 25.7 Å². The number of ether oxygens (including phenoxy) is 1. The van der Waals surface area contributed by atoms with E-state index in [2.05, 4.69) is 5.32 Å². The van der Waals surface area contributed by atoms with Crippen molar-refractivity contribution >= 4 is 6.09 Å². The lowest BCUT2D eigenvalue weighted by molar-refractivity contribution is 0.0216. The summed E-state index contributed by atoms with van der Waals surface area (Å²) in [5.41, 5.74) is -0.394. The number of hydrogen-bond donors (Lipinski definition) is 1. The Kier molecular flexibility index (Phi) is 5.30. The molecule has 4 nitrogen and oxygen atoms in total. The Hall–Kier alpha value is -0.770. The molecule has 0 radical (unpaired) electrons. The summed E-state index contributed by atoms with van der Waals surface area (Å²) in [7, 11) is 0. The Balaban J connectivity index is 1.79. The Bertz CT molecular complexity index is 319. The molecule has 1 N–H and O–H groups in total. The van der Waals surface area contributed by atoms with Gasteiger partial charge in [-0.3, -0.25) is 0 Å². The highest BCUT2D eigenvalue weighted by molar-refractivity contribution is 5.68. The molecular weight excluding hydrogens is 252 g/mol.